The second-order valence-electron chi connectivity index (χ2n) is 10.3. The molecule has 0 amide bonds. The van der Waals surface area contributed by atoms with Gasteiger partial charge in [-0.3, -0.25) is 9.78 Å². The van der Waals surface area contributed by atoms with Crippen molar-refractivity contribution in [1.29, 1.82) is 0 Å². The summed E-state index contributed by atoms with van der Waals surface area (Å²) in [5.74, 6) is 5.64. The van der Waals surface area contributed by atoms with Crippen LogP contribution in [0.25, 0.3) is 0 Å². The number of hydrogen-bond acceptors (Lipinski definition) is 5. The van der Waals surface area contributed by atoms with Gasteiger partial charge in [-0.1, -0.05) is 18.4 Å². The quantitative estimate of drug-likeness (QED) is 0.474. The van der Waals surface area contributed by atoms with Crippen LogP contribution in [0, 0.1) is 41.4 Å². The van der Waals surface area contributed by atoms with Crippen LogP contribution in [0.5, 0.6) is 5.75 Å². The summed E-state index contributed by atoms with van der Waals surface area (Å²) in [7, 11) is 0. The van der Waals surface area contributed by atoms with Crippen LogP contribution in [-0.4, -0.2) is 28.9 Å². The first kappa shape index (κ1) is 22.2. The zero-order valence-corrected chi connectivity index (χ0v) is 19.4. The summed E-state index contributed by atoms with van der Waals surface area (Å²) in [5.41, 5.74) is 0.334. The molecule has 0 aliphatic heterocycles. The molecular formula is C28H33NO4. The fraction of sp³-hybridized carbons (Fsp3) is 0.607. The molecule has 5 heteroatoms. The van der Waals surface area contributed by atoms with Crippen LogP contribution in [0.4, 0.5) is 0 Å². The smallest absolute Gasteiger partial charge is 0.345 e. The first-order chi connectivity index (χ1) is 16.0. The molecule has 3 fully saturated rings. The van der Waals surface area contributed by atoms with Gasteiger partial charge in [-0.15, -0.1) is 6.42 Å². The number of ether oxygens (including phenoxy) is 2. The second-order valence-corrected chi connectivity index (χ2v) is 10.3. The maximum absolute atomic E-state index is 12.9. The number of pyridine rings is 1. The molecule has 4 aliphatic carbocycles. The lowest BCUT2D eigenvalue weighted by molar-refractivity contribution is -0.175. The number of allylic oxidation sites excluding steroid dienone is 1. The van der Waals surface area contributed by atoms with E-state index < -0.39 is 11.6 Å². The molecule has 0 N–H and O–H groups in total. The summed E-state index contributed by atoms with van der Waals surface area (Å²) in [6.45, 7) is 2.04. The van der Waals surface area contributed by atoms with Crippen LogP contribution < -0.4 is 4.74 Å². The van der Waals surface area contributed by atoms with E-state index in [4.69, 9.17) is 15.9 Å². The average Bonchev–Trinajstić information content (AvgIpc) is 3.17. The van der Waals surface area contributed by atoms with Gasteiger partial charge in [-0.25, -0.2) is 4.79 Å². The number of terminal acetylenes is 1. The van der Waals surface area contributed by atoms with Crippen molar-refractivity contribution in [3.63, 3.8) is 0 Å². The van der Waals surface area contributed by atoms with Crippen LogP contribution in [0.3, 0.4) is 0 Å². The largest absolute Gasteiger partial charge is 0.480 e. The number of hydrogen-bond donors (Lipinski definition) is 0. The Kier molecular flexibility index (Phi) is 5.80. The van der Waals surface area contributed by atoms with Crippen molar-refractivity contribution in [1.82, 2.24) is 4.98 Å². The summed E-state index contributed by atoms with van der Waals surface area (Å²) in [6, 6.07) is 3.53. The molecule has 3 saturated carbocycles. The van der Waals surface area contributed by atoms with Crippen molar-refractivity contribution >= 4 is 11.8 Å². The number of carbonyl (C=O) groups excluding carboxylic acids is 2. The van der Waals surface area contributed by atoms with Crippen molar-refractivity contribution in [3.8, 4) is 18.1 Å². The molecule has 4 aliphatic rings. The molecule has 174 valence electrons. The summed E-state index contributed by atoms with van der Waals surface area (Å²) in [6.07, 6.45) is 19.9. The number of carbonyl (C=O) groups is 2. The average molecular weight is 448 g/mol. The number of fused-ring (bicyclic) bond motifs is 5. The van der Waals surface area contributed by atoms with Crippen LogP contribution in [0.15, 0.2) is 36.2 Å². The minimum absolute atomic E-state index is 0.171. The molecule has 1 heterocycles. The predicted octanol–water partition coefficient (Wildman–Crippen LogP) is 4.91. The van der Waals surface area contributed by atoms with E-state index in [1.807, 2.05) is 6.08 Å². The van der Waals surface area contributed by atoms with Crippen LogP contribution in [0.2, 0.25) is 0 Å². The van der Waals surface area contributed by atoms with Gasteiger partial charge in [0.05, 0.1) is 6.20 Å². The van der Waals surface area contributed by atoms with Crippen molar-refractivity contribution in [3.05, 3.63) is 36.2 Å². The lowest BCUT2D eigenvalue weighted by Crippen LogP contribution is -2.55. The van der Waals surface area contributed by atoms with E-state index in [9.17, 15) is 9.59 Å². The fourth-order valence-electron chi connectivity index (χ4n) is 7.92. The highest BCUT2D eigenvalue weighted by Crippen LogP contribution is 2.67. The van der Waals surface area contributed by atoms with E-state index in [1.165, 1.54) is 5.57 Å². The highest BCUT2D eigenvalue weighted by Gasteiger charge is 2.65. The number of nitrogens with zero attached hydrogens (tertiary/aromatic N) is 1. The van der Waals surface area contributed by atoms with Gasteiger partial charge < -0.3 is 9.47 Å². The highest BCUT2D eigenvalue weighted by atomic mass is 16.6. The van der Waals surface area contributed by atoms with E-state index in [2.05, 4.69) is 17.8 Å². The van der Waals surface area contributed by atoms with E-state index in [0.29, 0.717) is 41.6 Å². The number of rotatable bonds is 5. The molecule has 0 bridgehead atoms. The predicted molar refractivity (Wildman–Crippen MR) is 124 cm³/mol. The van der Waals surface area contributed by atoms with Gasteiger partial charge in [0.15, 0.2) is 18.0 Å². The maximum Gasteiger partial charge on any atom is 0.345 e. The third-order valence-corrected chi connectivity index (χ3v) is 9.26. The minimum atomic E-state index is -0.870. The standard InChI is InChI=1S/C28H33NO4/c1-3-27-13-11-23-22-10-8-20(30)16-19(22)7-9-24(23)25(27)12-14-28(27,4-2)33-26(31)18-32-21-6-5-15-29-17-21/h2,5-6,15-17,22-25H,3,7-14,18H2,1H3/t22?,23?,24?,25?,27-,28-/m0/s1. The summed E-state index contributed by atoms with van der Waals surface area (Å²) < 4.78 is 11.7. The van der Waals surface area contributed by atoms with Crippen molar-refractivity contribution in [2.24, 2.45) is 29.1 Å². The maximum atomic E-state index is 12.9. The Balaban J connectivity index is 1.35. The Morgan fingerprint density at radius 3 is 2.85 bits per heavy atom. The molecule has 6 atom stereocenters. The van der Waals surface area contributed by atoms with Crippen LogP contribution in [0.1, 0.15) is 64.7 Å². The highest BCUT2D eigenvalue weighted by molar-refractivity contribution is 5.91. The monoisotopic (exact) mass is 447 g/mol. The van der Waals surface area contributed by atoms with Crippen LogP contribution >= 0.6 is 0 Å². The van der Waals surface area contributed by atoms with Gasteiger partial charge in [0, 0.05) is 18.0 Å². The van der Waals surface area contributed by atoms with E-state index in [0.717, 1.165) is 51.4 Å². The molecule has 0 spiro atoms. The summed E-state index contributed by atoms with van der Waals surface area (Å²) >= 11 is 0. The van der Waals surface area contributed by atoms with E-state index >= 15 is 0 Å². The molecule has 0 radical (unpaired) electrons. The lowest BCUT2D eigenvalue weighted by atomic mass is 9.49. The SMILES string of the molecule is C#C[C@]1(OC(=O)COc2cccnc2)CCC2C3CCC4=CC(=O)CCC4C3CC[C@@]21CC. The number of esters is 1. The second kappa shape index (κ2) is 8.63. The molecule has 4 unspecified atom stereocenters. The molecular weight excluding hydrogens is 414 g/mol. The first-order valence-electron chi connectivity index (χ1n) is 12.5. The number of aromatic nitrogens is 1. The summed E-state index contributed by atoms with van der Waals surface area (Å²) in [5, 5.41) is 0. The van der Waals surface area contributed by atoms with Gasteiger partial charge >= 0.3 is 5.97 Å². The van der Waals surface area contributed by atoms with E-state index in [-0.39, 0.29) is 12.0 Å². The third kappa shape index (κ3) is 3.59. The Morgan fingerprint density at radius 2 is 2.09 bits per heavy atom. The van der Waals surface area contributed by atoms with Gasteiger partial charge in [0.2, 0.25) is 0 Å². The van der Waals surface area contributed by atoms with Gasteiger partial charge in [0.25, 0.3) is 0 Å². The molecule has 5 nitrogen and oxygen atoms in total. The first-order valence-corrected chi connectivity index (χ1v) is 12.5. The molecule has 1 aromatic rings. The van der Waals surface area contributed by atoms with E-state index in [1.54, 1.807) is 24.5 Å². The molecule has 33 heavy (non-hydrogen) atoms. The Labute approximate surface area is 196 Å². The van der Waals surface area contributed by atoms with Gasteiger partial charge in [-0.05, 0) is 93.2 Å². The molecule has 0 aromatic carbocycles. The third-order valence-electron chi connectivity index (χ3n) is 9.26. The Bertz CT molecular complexity index is 995. The van der Waals surface area contributed by atoms with Gasteiger partial charge in [0.1, 0.15) is 5.75 Å². The molecule has 5 rings (SSSR count). The van der Waals surface area contributed by atoms with Crippen molar-refractivity contribution < 1.29 is 19.1 Å². The van der Waals surface area contributed by atoms with Gasteiger partial charge in [-0.2, -0.15) is 0 Å². The van der Waals surface area contributed by atoms with Crippen molar-refractivity contribution in [2.75, 3.05) is 6.61 Å². The van der Waals surface area contributed by atoms with Crippen LogP contribution in [-0.2, 0) is 14.3 Å². The zero-order chi connectivity index (χ0) is 23.1. The zero-order valence-electron chi connectivity index (χ0n) is 19.4. The molecule has 1 aromatic heterocycles. The van der Waals surface area contributed by atoms with Crippen molar-refractivity contribution in [2.45, 2.75) is 70.3 Å². The number of ketones is 1. The summed E-state index contributed by atoms with van der Waals surface area (Å²) in [4.78, 5) is 28.8. The Morgan fingerprint density at radius 1 is 1.21 bits per heavy atom. The Hall–Kier alpha value is -2.61. The normalized spacial score (nSPS) is 37.1. The fourth-order valence-corrected chi connectivity index (χ4v) is 7.92. The molecule has 0 saturated heterocycles. The topological polar surface area (TPSA) is 65.5 Å². The minimum Gasteiger partial charge on any atom is -0.480 e. The lowest BCUT2D eigenvalue weighted by Gasteiger charge is -2.56.